The lowest BCUT2D eigenvalue weighted by Gasteiger charge is -2.35. The van der Waals surface area contributed by atoms with Crippen molar-refractivity contribution in [2.45, 2.75) is 24.2 Å². The number of carbonyl (C=O) groups excluding carboxylic acids is 1. The first-order valence-corrected chi connectivity index (χ1v) is 10.4. The zero-order valence-electron chi connectivity index (χ0n) is 16.4. The van der Waals surface area contributed by atoms with Crippen molar-refractivity contribution in [2.75, 3.05) is 22.7 Å². The molecule has 32 heavy (non-hydrogen) atoms. The fourth-order valence-electron chi connectivity index (χ4n) is 2.93. The highest BCUT2D eigenvalue weighted by Crippen LogP contribution is 2.39. The van der Waals surface area contributed by atoms with Gasteiger partial charge in [-0.2, -0.15) is 21.6 Å². The summed E-state index contributed by atoms with van der Waals surface area (Å²) in [5.41, 5.74) is -1.48. The Kier molecular flexibility index (Phi) is 6.16. The number of hydrogen-bond donors (Lipinski definition) is 3. The minimum absolute atomic E-state index is 0.0114. The van der Waals surface area contributed by atoms with Crippen LogP contribution in [0.3, 0.4) is 0 Å². The van der Waals surface area contributed by atoms with Gasteiger partial charge in [0.25, 0.3) is 10.0 Å². The minimum atomic E-state index is -4.86. The number of pyridine rings is 1. The molecule has 2 aromatic rings. The molecule has 3 N–H and O–H groups in total. The van der Waals surface area contributed by atoms with Gasteiger partial charge < -0.3 is 15.2 Å². The number of aromatic nitrogens is 1. The molecule has 1 unspecified atom stereocenters. The molecule has 0 bridgehead atoms. The molecular formula is C18H17F3N4O6S. The van der Waals surface area contributed by atoms with E-state index in [0.29, 0.717) is 6.07 Å². The number of amides is 2. The first-order valence-electron chi connectivity index (χ1n) is 9.00. The van der Waals surface area contributed by atoms with E-state index < -0.39 is 45.0 Å². The number of ether oxygens (including phenoxy) is 1. The van der Waals surface area contributed by atoms with Crippen molar-refractivity contribution in [3.8, 4) is 5.75 Å². The van der Waals surface area contributed by atoms with Gasteiger partial charge in [-0.05, 0) is 30.3 Å². The van der Waals surface area contributed by atoms with E-state index in [1.165, 1.54) is 25.1 Å². The summed E-state index contributed by atoms with van der Waals surface area (Å²) in [7, 11) is -4.62. The highest BCUT2D eigenvalue weighted by Gasteiger charge is 2.38. The van der Waals surface area contributed by atoms with E-state index in [2.05, 4.69) is 15.6 Å². The molecule has 1 aromatic heterocycles. The number of carbonyl (C=O) groups is 2. The van der Waals surface area contributed by atoms with E-state index >= 15 is 0 Å². The molecule has 2 heterocycles. The number of nitrogens with one attached hydrogen (secondary N) is 2. The van der Waals surface area contributed by atoms with Gasteiger partial charge in [0.05, 0.1) is 18.8 Å². The van der Waals surface area contributed by atoms with Gasteiger partial charge in [0, 0.05) is 12.6 Å². The Labute approximate surface area is 180 Å². The van der Waals surface area contributed by atoms with Crippen molar-refractivity contribution in [2.24, 2.45) is 0 Å². The fraction of sp³-hybridized carbons (Fsp3) is 0.278. The van der Waals surface area contributed by atoms with Crippen LogP contribution in [-0.4, -0.2) is 49.7 Å². The molecular weight excluding hydrogens is 457 g/mol. The lowest BCUT2D eigenvalue weighted by atomic mass is 10.2. The quantitative estimate of drug-likeness (QED) is 0.604. The molecule has 0 radical (unpaired) electrons. The third-order valence-corrected chi connectivity index (χ3v) is 5.97. The van der Waals surface area contributed by atoms with E-state index in [1.54, 1.807) is 0 Å². The molecule has 0 saturated heterocycles. The van der Waals surface area contributed by atoms with Crippen LogP contribution in [0.1, 0.15) is 12.6 Å². The summed E-state index contributed by atoms with van der Waals surface area (Å²) in [4.78, 5) is 25.4. The average Bonchev–Trinajstić information content (AvgIpc) is 2.70. The van der Waals surface area contributed by atoms with Crippen molar-refractivity contribution in [1.82, 2.24) is 10.3 Å². The van der Waals surface area contributed by atoms with E-state index in [4.69, 9.17) is 9.84 Å². The van der Waals surface area contributed by atoms with Crippen LogP contribution in [0, 0.1) is 0 Å². The second kappa shape index (κ2) is 8.53. The number of fused-ring (bicyclic) bond motifs is 1. The van der Waals surface area contributed by atoms with Crippen molar-refractivity contribution in [3.05, 3.63) is 42.1 Å². The number of alkyl halides is 3. The molecule has 3 rings (SSSR count). The molecule has 0 spiro atoms. The molecule has 1 aliphatic rings. The van der Waals surface area contributed by atoms with Gasteiger partial charge in [0.2, 0.25) is 5.91 Å². The Morgan fingerprint density at radius 1 is 1.28 bits per heavy atom. The molecule has 0 aliphatic carbocycles. The molecule has 0 saturated carbocycles. The molecule has 1 atom stereocenters. The van der Waals surface area contributed by atoms with Gasteiger partial charge in [-0.15, -0.1) is 0 Å². The monoisotopic (exact) mass is 474 g/mol. The van der Waals surface area contributed by atoms with Crippen LogP contribution in [0.5, 0.6) is 5.75 Å². The van der Waals surface area contributed by atoms with E-state index in [-0.39, 0.29) is 30.2 Å². The Morgan fingerprint density at radius 3 is 2.62 bits per heavy atom. The Hall–Kier alpha value is -3.55. The van der Waals surface area contributed by atoms with Crippen molar-refractivity contribution < 1.29 is 41.0 Å². The largest absolute Gasteiger partial charge is 0.484 e. The zero-order valence-corrected chi connectivity index (χ0v) is 17.2. The van der Waals surface area contributed by atoms with E-state index in [0.717, 1.165) is 16.4 Å². The number of anilines is 2. The lowest BCUT2D eigenvalue weighted by Crippen LogP contribution is -2.48. The molecule has 1 aromatic carbocycles. The van der Waals surface area contributed by atoms with Gasteiger partial charge in [-0.3, -0.25) is 14.4 Å². The first-order chi connectivity index (χ1) is 14.9. The van der Waals surface area contributed by atoms with Gasteiger partial charge in [-0.1, -0.05) is 6.07 Å². The van der Waals surface area contributed by atoms with Crippen molar-refractivity contribution in [3.63, 3.8) is 0 Å². The van der Waals surface area contributed by atoms with Crippen LogP contribution in [0.4, 0.5) is 29.3 Å². The maximum atomic E-state index is 13.3. The van der Waals surface area contributed by atoms with Crippen LogP contribution >= 0.6 is 0 Å². The summed E-state index contributed by atoms with van der Waals surface area (Å²) in [6.45, 7) is 0.803. The van der Waals surface area contributed by atoms with Crippen LogP contribution in [0.2, 0.25) is 0 Å². The third kappa shape index (κ3) is 5.01. The Balaban J connectivity index is 2.07. The summed E-state index contributed by atoms with van der Waals surface area (Å²) in [6, 6.07) is 6.27. The SMILES string of the molecule is CC(=O)NCC1CN(S(=O)(=O)c2cccc(C(F)(F)F)n2)c2cc(NC(=O)O)ccc2O1. The third-order valence-electron chi connectivity index (χ3n) is 4.29. The molecule has 14 heteroatoms. The fourth-order valence-corrected chi connectivity index (χ4v) is 4.39. The van der Waals surface area contributed by atoms with Crippen LogP contribution in [0.25, 0.3) is 0 Å². The Morgan fingerprint density at radius 2 is 2.00 bits per heavy atom. The average molecular weight is 474 g/mol. The van der Waals surface area contributed by atoms with Crippen LogP contribution in [0.15, 0.2) is 41.4 Å². The molecule has 172 valence electrons. The summed E-state index contributed by atoms with van der Waals surface area (Å²) in [5.74, 6) is -0.368. The number of halogens is 3. The van der Waals surface area contributed by atoms with Gasteiger partial charge in [-0.25, -0.2) is 9.78 Å². The lowest BCUT2D eigenvalue weighted by molar-refractivity contribution is -0.141. The van der Waals surface area contributed by atoms with Crippen molar-refractivity contribution in [1.29, 1.82) is 0 Å². The van der Waals surface area contributed by atoms with E-state index in [1.807, 2.05) is 0 Å². The standard InChI is InChI=1S/C18H17F3N4O6S/c1-10(26)22-8-12-9-25(13-7-11(23-17(27)28)5-6-14(13)31-12)32(29,30)16-4-2-3-15(24-16)18(19,20)21/h2-7,12,23H,8-9H2,1H3,(H,22,26)(H,27,28). The molecule has 10 nitrogen and oxygen atoms in total. The number of hydrogen-bond acceptors (Lipinski definition) is 6. The summed E-state index contributed by atoms with van der Waals surface area (Å²) < 4.78 is 72.1. The second-order valence-corrected chi connectivity index (χ2v) is 8.49. The molecule has 0 fully saturated rings. The van der Waals surface area contributed by atoms with Crippen LogP contribution in [-0.2, 0) is 21.0 Å². The van der Waals surface area contributed by atoms with Gasteiger partial charge >= 0.3 is 12.3 Å². The summed E-state index contributed by atoms with van der Waals surface area (Å²) in [6.07, 6.45) is -7.13. The predicted molar refractivity (Wildman–Crippen MR) is 105 cm³/mol. The highest BCUT2D eigenvalue weighted by molar-refractivity contribution is 7.92. The smallest absolute Gasteiger partial charge is 0.433 e. The van der Waals surface area contributed by atoms with Gasteiger partial charge in [0.15, 0.2) is 5.03 Å². The maximum absolute atomic E-state index is 13.3. The minimum Gasteiger partial charge on any atom is -0.484 e. The molecule has 1 aliphatic heterocycles. The zero-order chi connectivity index (χ0) is 23.7. The van der Waals surface area contributed by atoms with Crippen molar-refractivity contribution >= 4 is 33.4 Å². The molecule has 2 amide bonds. The number of benzene rings is 1. The maximum Gasteiger partial charge on any atom is 0.433 e. The normalized spacial score (nSPS) is 16.0. The predicted octanol–water partition coefficient (Wildman–Crippen LogP) is 2.28. The number of rotatable bonds is 5. The summed E-state index contributed by atoms with van der Waals surface area (Å²) >= 11 is 0. The summed E-state index contributed by atoms with van der Waals surface area (Å²) in [5, 5.41) is 12.6. The second-order valence-electron chi connectivity index (χ2n) is 6.68. The van der Waals surface area contributed by atoms with Crippen LogP contribution < -0.4 is 19.7 Å². The van der Waals surface area contributed by atoms with E-state index in [9.17, 15) is 31.2 Å². The van der Waals surface area contributed by atoms with Gasteiger partial charge in [0.1, 0.15) is 17.5 Å². The number of carboxylic acid groups (broad SMARTS) is 1. The number of sulfonamides is 1. The first kappa shape index (κ1) is 23.1. The Bertz CT molecular complexity index is 1160. The number of nitrogens with zero attached hydrogens (tertiary/aromatic N) is 2. The topological polar surface area (TPSA) is 138 Å². The highest BCUT2D eigenvalue weighted by atomic mass is 32.2.